The highest BCUT2D eigenvalue weighted by atomic mass is 35.5. The Kier molecular flexibility index (Phi) is 7.37. The smallest absolute Gasteiger partial charge is 0.230 e. The fraction of sp³-hybridized carbons (Fsp3) is 0.474. The van der Waals surface area contributed by atoms with Gasteiger partial charge in [0.15, 0.2) is 5.13 Å². The molecule has 2 N–H and O–H groups in total. The lowest BCUT2D eigenvalue weighted by Gasteiger charge is -2.36. The Labute approximate surface area is 176 Å². The van der Waals surface area contributed by atoms with E-state index in [1.807, 2.05) is 30.0 Å². The minimum Gasteiger partial charge on any atom is -0.398 e. The fourth-order valence-electron chi connectivity index (χ4n) is 3.91. The molecule has 5 nitrogen and oxygen atoms in total. The van der Waals surface area contributed by atoms with Gasteiger partial charge in [-0.1, -0.05) is 6.07 Å². The van der Waals surface area contributed by atoms with Crippen molar-refractivity contribution in [3.63, 3.8) is 0 Å². The van der Waals surface area contributed by atoms with Crippen molar-refractivity contribution in [3.8, 4) is 0 Å². The number of aryl methyl sites for hydroxylation is 1. The zero-order valence-electron chi connectivity index (χ0n) is 15.4. The monoisotopic (exact) mass is 428 g/mol. The Morgan fingerprint density at radius 1 is 1.22 bits per heavy atom. The number of piperidine rings is 1. The lowest BCUT2D eigenvalue weighted by Crippen LogP contribution is -2.44. The zero-order valence-corrected chi connectivity index (χ0v) is 17.8. The third-order valence-electron chi connectivity index (χ3n) is 5.27. The number of thiazole rings is 1. The summed E-state index contributed by atoms with van der Waals surface area (Å²) in [4.78, 5) is 22.0. The number of halogens is 2. The van der Waals surface area contributed by atoms with Crippen LogP contribution in [0, 0.1) is 12.8 Å². The maximum atomic E-state index is 13.1. The minimum atomic E-state index is 0. The van der Waals surface area contributed by atoms with Gasteiger partial charge in [0.2, 0.25) is 5.91 Å². The molecule has 1 saturated heterocycles. The lowest BCUT2D eigenvalue weighted by atomic mass is 9.93. The average molecular weight is 429 g/mol. The number of carbonyl (C=O) groups excluding carboxylic acids is 1. The minimum absolute atomic E-state index is 0. The van der Waals surface area contributed by atoms with Gasteiger partial charge in [0.1, 0.15) is 0 Å². The molecule has 4 rings (SSSR count). The molecule has 1 fully saturated rings. The molecule has 27 heavy (non-hydrogen) atoms. The molecule has 0 aliphatic carbocycles. The number of carbonyl (C=O) groups is 1. The van der Waals surface area contributed by atoms with Crippen LogP contribution in [0.3, 0.4) is 0 Å². The van der Waals surface area contributed by atoms with E-state index < -0.39 is 0 Å². The van der Waals surface area contributed by atoms with Crippen molar-refractivity contribution in [2.75, 3.05) is 35.2 Å². The second kappa shape index (κ2) is 9.13. The Balaban J connectivity index is 0.00000131. The molecular formula is C19H26Cl2N4OS. The van der Waals surface area contributed by atoms with Crippen molar-refractivity contribution in [3.05, 3.63) is 34.8 Å². The van der Waals surface area contributed by atoms with Crippen LogP contribution in [0.1, 0.15) is 30.5 Å². The highest BCUT2D eigenvalue weighted by Crippen LogP contribution is 2.34. The largest absolute Gasteiger partial charge is 0.398 e. The Morgan fingerprint density at radius 2 is 1.96 bits per heavy atom. The Bertz CT molecular complexity index is 790. The van der Waals surface area contributed by atoms with Crippen molar-refractivity contribution in [2.24, 2.45) is 5.92 Å². The third kappa shape index (κ3) is 4.33. The summed E-state index contributed by atoms with van der Waals surface area (Å²) in [5.41, 5.74) is 10.2. The predicted molar refractivity (Wildman–Crippen MR) is 118 cm³/mol. The first-order valence-electron chi connectivity index (χ1n) is 8.99. The van der Waals surface area contributed by atoms with E-state index in [0.717, 1.165) is 73.1 Å². The number of hydrogen-bond donors (Lipinski definition) is 1. The second-order valence-corrected chi connectivity index (χ2v) is 7.81. The molecule has 8 heteroatoms. The number of hydrogen-bond acceptors (Lipinski definition) is 5. The van der Waals surface area contributed by atoms with Crippen molar-refractivity contribution in [1.29, 1.82) is 0 Å². The molecule has 0 atom stereocenters. The summed E-state index contributed by atoms with van der Waals surface area (Å²) in [7, 11) is 0. The molecule has 3 heterocycles. The number of amides is 1. The van der Waals surface area contributed by atoms with Crippen LogP contribution in [-0.2, 0) is 11.2 Å². The van der Waals surface area contributed by atoms with Crippen molar-refractivity contribution >= 4 is 58.6 Å². The van der Waals surface area contributed by atoms with Gasteiger partial charge in [-0.15, -0.1) is 36.2 Å². The van der Waals surface area contributed by atoms with Gasteiger partial charge in [0.25, 0.3) is 0 Å². The summed E-state index contributed by atoms with van der Waals surface area (Å²) < 4.78 is 0. The van der Waals surface area contributed by atoms with E-state index >= 15 is 0 Å². The number of rotatable bonds is 2. The lowest BCUT2D eigenvalue weighted by molar-refractivity contribution is -0.123. The summed E-state index contributed by atoms with van der Waals surface area (Å²) in [6.07, 6.45) is 3.75. The highest BCUT2D eigenvalue weighted by Gasteiger charge is 2.32. The maximum Gasteiger partial charge on any atom is 0.230 e. The molecule has 0 unspecified atom stereocenters. The second-order valence-electron chi connectivity index (χ2n) is 6.97. The quantitative estimate of drug-likeness (QED) is 0.731. The number of benzene rings is 1. The molecular weight excluding hydrogens is 403 g/mol. The maximum absolute atomic E-state index is 13.1. The van der Waals surface area contributed by atoms with Gasteiger partial charge in [-0.3, -0.25) is 4.79 Å². The molecule has 1 amide bonds. The number of anilines is 3. The topological polar surface area (TPSA) is 62.5 Å². The summed E-state index contributed by atoms with van der Waals surface area (Å²) in [5.74, 6) is 0.367. The molecule has 0 spiro atoms. The molecule has 148 valence electrons. The van der Waals surface area contributed by atoms with Crippen LogP contribution in [0.15, 0.2) is 23.6 Å². The SMILES string of the molecule is Cc1csc(N2CCC(C(=O)N3CCCc4c(N)cccc43)CC2)n1.Cl.Cl. The number of nitrogen functional groups attached to an aromatic ring is 1. The summed E-state index contributed by atoms with van der Waals surface area (Å²) in [6, 6.07) is 5.92. The van der Waals surface area contributed by atoms with Crippen molar-refractivity contribution < 1.29 is 4.79 Å². The summed E-state index contributed by atoms with van der Waals surface area (Å²) in [6.45, 7) is 4.64. The fourth-order valence-corrected chi connectivity index (χ4v) is 4.76. The van der Waals surface area contributed by atoms with Crippen molar-refractivity contribution in [2.45, 2.75) is 32.6 Å². The first-order chi connectivity index (χ1) is 12.1. The van der Waals surface area contributed by atoms with Crippen LogP contribution >= 0.6 is 36.2 Å². The molecule has 1 aromatic heterocycles. The van der Waals surface area contributed by atoms with Crippen LogP contribution in [0.2, 0.25) is 0 Å². The molecule has 2 aromatic rings. The Hall–Kier alpha value is -1.50. The van der Waals surface area contributed by atoms with Gasteiger partial charge in [0, 0.05) is 42.3 Å². The van der Waals surface area contributed by atoms with E-state index in [9.17, 15) is 4.79 Å². The number of nitrogens with zero attached hydrogens (tertiary/aromatic N) is 3. The molecule has 2 aliphatic rings. The first kappa shape index (κ1) is 21.8. The van der Waals surface area contributed by atoms with Gasteiger partial charge in [-0.25, -0.2) is 4.98 Å². The van der Waals surface area contributed by atoms with E-state index in [-0.39, 0.29) is 36.6 Å². The molecule has 0 saturated carbocycles. The number of aromatic nitrogens is 1. The number of fused-ring (bicyclic) bond motifs is 1. The first-order valence-corrected chi connectivity index (χ1v) is 9.87. The summed E-state index contributed by atoms with van der Waals surface area (Å²) in [5, 5.41) is 3.17. The van der Waals surface area contributed by atoms with E-state index in [1.165, 1.54) is 0 Å². The van der Waals surface area contributed by atoms with E-state index in [1.54, 1.807) is 11.3 Å². The van der Waals surface area contributed by atoms with Crippen LogP contribution in [0.5, 0.6) is 0 Å². The molecule has 2 aliphatic heterocycles. The average Bonchev–Trinajstić information content (AvgIpc) is 3.08. The van der Waals surface area contributed by atoms with Gasteiger partial charge >= 0.3 is 0 Å². The van der Waals surface area contributed by atoms with Crippen LogP contribution in [-0.4, -0.2) is 30.5 Å². The van der Waals surface area contributed by atoms with Gasteiger partial charge in [0.05, 0.1) is 5.69 Å². The van der Waals surface area contributed by atoms with E-state index in [4.69, 9.17) is 5.73 Å². The highest BCUT2D eigenvalue weighted by molar-refractivity contribution is 7.13. The van der Waals surface area contributed by atoms with E-state index in [0.29, 0.717) is 0 Å². The third-order valence-corrected chi connectivity index (χ3v) is 6.29. The van der Waals surface area contributed by atoms with Crippen LogP contribution in [0.25, 0.3) is 0 Å². The van der Waals surface area contributed by atoms with Gasteiger partial charge in [-0.05, 0) is 50.3 Å². The molecule has 0 radical (unpaired) electrons. The van der Waals surface area contributed by atoms with Gasteiger partial charge < -0.3 is 15.5 Å². The molecule has 0 bridgehead atoms. The number of nitrogens with two attached hydrogens (primary N) is 1. The van der Waals surface area contributed by atoms with Crippen molar-refractivity contribution in [1.82, 2.24) is 4.98 Å². The summed E-state index contributed by atoms with van der Waals surface area (Å²) >= 11 is 1.69. The Morgan fingerprint density at radius 3 is 2.63 bits per heavy atom. The standard InChI is InChI=1S/C19H24N4OS.2ClH/c1-13-12-25-19(21-13)22-10-7-14(8-11-22)18(24)23-9-3-4-15-16(20)5-2-6-17(15)23;;/h2,5-6,12,14H,3-4,7-11,20H2,1H3;2*1H. The normalized spacial score (nSPS) is 16.9. The molecule has 1 aromatic carbocycles. The van der Waals surface area contributed by atoms with Gasteiger partial charge in [-0.2, -0.15) is 0 Å². The van der Waals surface area contributed by atoms with Crippen LogP contribution in [0.4, 0.5) is 16.5 Å². The van der Waals surface area contributed by atoms with Crippen LogP contribution < -0.4 is 15.5 Å². The zero-order chi connectivity index (χ0) is 17.4. The van der Waals surface area contributed by atoms with E-state index in [2.05, 4.69) is 15.3 Å². The predicted octanol–water partition coefficient (Wildman–Crippen LogP) is 4.07.